The lowest BCUT2D eigenvalue weighted by Gasteiger charge is -2.26. The van der Waals surface area contributed by atoms with Crippen LogP contribution in [0.25, 0.3) is 0 Å². The zero-order valence-corrected chi connectivity index (χ0v) is 9.83. The molecular weight excluding hydrogens is 192 g/mol. The summed E-state index contributed by atoms with van der Waals surface area (Å²) >= 11 is 0. The van der Waals surface area contributed by atoms with E-state index in [1.807, 2.05) is 0 Å². The predicted molar refractivity (Wildman–Crippen MR) is 67.9 cm³/mol. The largest absolute Gasteiger partial charge is 0.0620 e. The molecule has 16 heavy (non-hydrogen) atoms. The molecule has 0 spiro atoms. The van der Waals surface area contributed by atoms with E-state index in [0.717, 1.165) is 6.42 Å². The molecule has 0 saturated carbocycles. The normalized spacial score (nSPS) is 17.8. The zero-order chi connectivity index (χ0) is 11.1. The van der Waals surface area contributed by atoms with E-state index in [2.05, 4.69) is 56.3 Å². The topological polar surface area (TPSA) is 0 Å². The molecule has 0 aromatic heterocycles. The Balaban J connectivity index is 2.19. The van der Waals surface area contributed by atoms with Crippen molar-refractivity contribution in [1.29, 1.82) is 0 Å². The summed E-state index contributed by atoms with van der Waals surface area (Å²) in [4.78, 5) is 0. The van der Waals surface area contributed by atoms with Crippen LogP contribution in [0.5, 0.6) is 0 Å². The molecule has 0 saturated heterocycles. The minimum atomic E-state index is 0.542. The number of aryl methyl sites for hydroxylation is 1. The molecule has 1 atom stereocenters. The van der Waals surface area contributed by atoms with E-state index in [1.165, 1.54) is 27.8 Å². The second kappa shape index (κ2) is 3.48. The summed E-state index contributed by atoms with van der Waals surface area (Å²) in [6.45, 7) is 4.49. The van der Waals surface area contributed by atoms with Gasteiger partial charge in [-0.3, -0.25) is 0 Å². The molecule has 0 heterocycles. The monoisotopic (exact) mass is 208 g/mol. The fraction of sp³-hybridized carbons (Fsp3) is 0.250. The van der Waals surface area contributed by atoms with E-state index < -0.39 is 0 Å². The Hall–Kier alpha value is -1.56. The Morgan fingerprint density at radius 2 is 1.69 bits per heavy atom. The summed E-state index contributed by atoms with van der Waals surface area (Å²) in [5.74, 6) is 0.542. The first-order valence-electron chi connectivity index (χ1n) is 5.93. The Kier molecular flexibility index (Phi) is 2.10. The fourth-order valence-corrected chi connectivity index (χ4v) is 2.77. The maximum absolute atomic E-state index is 2.34. The number of hydrogen-bond donors (Lipinski definition) is 0. The summed E-state index contributed by atoms with van der Waals surface area (Å²) in [5, 5.41) is 0. The smallest absolute Gasteiger partial charge is 0.00667 e. The highest BCUT2D eigenvalue weighted by Crippen LogP contribution is 2.36. The van der Waals surface area contributed by atoms with Gasteiger partial charge in [-0.25, -0.2) is 0 Å². The second-order valence-electron chi connectivity index (χ2n) is 4.80. The number of rotatable bonds is 0. The average molecular weight is 208 g/mol. The quantitative estimate of drug-likeness (QED) is 0.612. The highest BCUT2D eigenvalue weighted by Gasteiger charge is 2.21. The van der Waals surface area contributed by atoms with Gasteiger partial charge in [-0.2, -0.15) is 0 Å². The van der Waals surface area contributed by atoms with Gasteiger partial charge in [0.05, 0.1) is 0 Å². The van der Waals surface area contributed by atoms with Crippen LogP contribution in [0, 0.1) is 6.92 Å². The van der Waals surface area contributed by atoms with Crippen molar-refractivity contribution in [3.05, 3.63) is 70.3 Å². The van der Waals surface area contributed by atoms with Crippen LogP contribution in [0.1, 0.15) is 40.7 Å². The van der Waals surface area contributed by atoms with E-state index in [-0.39, 0.29) is 0 Å². The summed E-state index contributed by atoms with van der Waals surface area (Å²) in [7, 11) is 0. The molecule has 0 N–H and O–H groups in total. The molecule has 0 bridgehead atoms. The van der Waals surface area contributed by atoms with Crippen molar-refractivity contribution in [3.63, 3.8) is 0 Å². The third-order valence-corrected chi connectivity index (χ3v) is 3.67. The number of benzene rings is 2. The highest BCUT2D eigenvalue weighted by molar-refractivity contribution is 5.49. The molecule has 2 aromatic rings. The summed E-state index contributed by atoms with van der Waals surface area (Å²) in [6.07, 6.45) is 1.09. The first-order chi connectivity index (χ1) is 7.75. The first-order valence-corrected chi connectivity index (χ1v) is 5.93. The van der Waals surface area contributed by atoms with Gasteiger partial charge in [0.1, 0.15) is 0 Å². The van der Waals surface area contributed by atoms with Gasteiger partial charge >= 0.3 is 0 Å². The molecule has 0 heteroatoms. The maximum atomic E-state index is 2.34. The van der Waals surface area contributed by atoms with Crippen LogP contribution in [0.3, 0.4) is 0 Å². The van der Waals surface area contributed by atoms with Crippen molar-refractivity contribution in [1.82, 2.24) is 0 Å². The van der Waals surface area contributed by atoms with Gasteiger partial charge < -0.3 is 0 Å². The van der Waals surface area contributed by atoms with Crippen LogP contribution in [0.4, 0.5) is 0 Å². The molecule has 1 aliphatic rings. The van der Waals surface area contributed by atoms with Crippen molar-refractivity contribution in [2.45, 2.75) is 26.2 Å². The third-order valence-electron chi connectivity index (χ3n) is 3.67. The van der Waals surface area contributed by atoms with Crippen LogP contribution in [-0.2, 0) is 6.42 Å². The molecule has 0 nitrogen and oxygen atoms in total. The van der Waals surface area contributed by atoms with E-state index in [1.54, 1.807) is 0 Å². The van der Waals surface area contributed by atoms with Gasteiger partial charge in [0.15, 0.2) is 0 Å². The van der Waals surface area contributed by atoms with Crippen LogP contribution in [0.15, 0.2) is 42.5 Å². The second-order valence-corrected chi connectivity index (χ2v) is 4.80. The van der Waals surface area contributed by atoms with Gasteiger partial charge in [0.2, 0.25) is 0 Å². The first kappa shape index (κ1) is 9.65. The van der Waals surface area contributed by atoms with E-state index >= 15 is 0 Å². The molecule has 0 aliphatic heterocycles. The van der Waals surface area contributed by atoms with Crippen molar-refractivity contribution in [2.75, 3.05) is 0 Å². The van der Waals surface area contributed by atoms with Gasteiger partial charge in [0.25, 0.3) is 0 Å². The molecule has 0 fully saturated rings. The van der Waals surface area contributed by atoms with Gasteiger partial charge in [-0.15, -0.1) is 0 Å². The Labute approximate surface area is 96.9 Å². The molecule has 0 radical (unpaired) electrons. The molecule has 80 valence electrons. The van der Waals surface area contributed by atoms with Gasteiger partial charge in [-0.1, -0.05) is 55.0 Å². The molecule has 1 aliphatic carbocycles. The minimum absolute atomic E-state index is 0.542. The lowest BCUT2D eigenvalue weighted by molar-refractivity contribution is 0.843. The molecule has 2 aromatic carbocycles. The van der Waals surface area contributed by atoms with Crippen LogP contribution in [0.2, 0.25) is 0 Å². The van der Waals surface area contributed by atoms with Crippen LogP contribution < -0.4 is 0 Å². The summed E-state index contributed by atoms with van der Waals surface area (Å²) < 4.78 is 0. The Morgan fingerprint density at radius 1 is 0.938 bits per heavy atom. The Morgan fingerprint density at radius 3 is 2.56 bits per heavy atom. The standard InChI is InChI=1S/C16H16/c1-11-7-8-14-10-13-5-3-4-6-15(13)12(2)16(14)9-11/h3-9,12H,10H2,1-2H3. The third kappa shape index (κ3) is 1.37. The SMILES string of the molecule is Cc1ccc2c(c1)C(C)c1ccccc1C2. The number of fused-ring (bicyclic) bond motifs is 2. The summed E-state index contributed by atoms with van der Waals surface area (Å²) in [5.41, 5.74) is 7.37. The zero-order valence-electron chi connectivity index (χ0n) is 9.83. The molecular formula is C16H16. The van der Waals surface area contributed by atoms with E-state index in [4.69, 9.17) is 0 Å². The van der Waals surface area contributed by atoms with Crippen LogP contribution in [-0.4, -0.2) is 0 Å². The lowest BCUT2D eigenvalue weighted by atomic mass is 9.79. The Bertz CT molecular complexity index is 537. The van der Waals surface area contributed by atoms with Crippen molar-refractivity contribution in [2.24, 2.45) is 0 Å². The summed E-state index contributed by atoms with van der Waals surface area (Å²) in [6, 6.07) is 15.7. The highest BCUT2D eigenvalue weighted by atomic mass is 14.2. The van der Waals surface area contributed by atoms with Crippen LogP contribution >= 0.6 is 0 Å². The molecule has 0 amide bonds. The van der Waals surface area contributed by atoms with Gasteiger partial charge in [0, 0.05) is 5.92 Å². The van der Waals surface area contributed by atoms with Crippen molar-refractivity contribution < 1.29 is 0 Å². The van der Waals surface area contributed by atoms with E-state index in [9.17, 15) is 0 Å². The number of hydrogen-bond acceptors (Lipinski definition) is 0. The molecule has 3 rings (SSSR count). The molecule has 1 unspecified atom stereocenters. The van der Waals surface area contributed by atoms with Gasteiger partial charge in [-0.05, 0) is 35.6 Å². The minimum Gasteiger partial charge on any atom is -0.0620 e. The van der Waals surface area contributed by atoms with Crippen molar-refractivity contribution >= 4 is 0 Å². The average Bonchev–Trinajstić information content (AvgIpc) is 2.31. The predicted octanol–water partition coefficient (Wildman–Crippen LogP) is 4.05. The van der Waals surface area contributed by atoms with E-state index in [0.29, 0.717) is 5.92 Å². The maximum Gasteiger partial charge on any atom is 0.00667 e. The fourth-order valence-electron chi connectivity index (χ4n) is 2.77. The lowest BCUT2D eigenvalue weighted by Crippen LogP contribution is -2.11. The van der Waals surface area contributed by atoms with Crippen molar-refractivity contribution in [3.8, 4) is 0 Å².